The number of nitrogens with zero attached hydrogens (tertiary/aromatic N) is 4. The van der Waals surface area contributed by atoms with Gasteiger partial charge in [-0.3, -0.25) is 14.0 Å². The summed E-state index contributed by atoms with van der Waals surface area (Å²) in [5, 5.41) is 0.459. The minimum absolute atomic E-state index is 0.0896. The van der Waals surface area contributed by atoms with Gasteiger partial charge in [0.05, 0.1) is 24.2 Å². The van der Waals surface area contributed by atoms with Crippen molar-refractivity contribution in [1.29, 1.82) is 0 Å². The van der Waals surface area contributed by atoms with Crippen molar-refractivity contribution in [2.24, 2.45) is 0 Å². The molecule has 1 fully saturated rings. The van der Waals surface area contributed by atoms with Crippen molar-refractivity contribution in [3.05, 3.63) is 52.5 Å². The van der Waals surface area contributed by atoms with Gasteiger partial charge in [-0.15, -0.1) is 0 Å². The van der Waals surface area contributed by atoms with Gasteiger partial charge in [-0.1, -0.05) is 17.7 Å². The monoisotopic (exact) mass is 576 g/mol. The number of amides is 1. The molecule has 10 heteroatoms. The van der Waals surface area contributed by atoms with Crippen molar-refractivity contribution in [1.82, 2.24) is 9.80 Å². The van der Waals surface area contributed by atoms with Crippen LogP contribution in [0.1, 0.15) is 56.0 Å². The number of ether oxygens (including phenoxy) is 1. The Bertz CT molecular complexity index is 1260. The highest BCUT2D eigenvalue weighted by atomic mass is 35.5. The first-order chi connectivity index (χ1) is 18.6. The lowest BCUT2D eigenvalue weighted by molar-refractivity contribution is 0.0712. The van der Waals surface area contributed by atoms with Gasteiger partial charge in [0.1, 0.15) is 5.75 Å². The Hall–Kier alpha value is -2.49. The minimum Gasteiger partial charge on any atom is -0.492 e. The summed E-state index contributed by atoms with van der Waals surface area (Å²) in [6, 6.07) is 11.2. The summed E-state index contributed by atoms with van der Waals surface area (Å²) < 4.78 is 33.1. The van der Waals surface area contributed by atoms with Crippen molar-refractivity contribution in [2.45, 2.75) is 52.6 Å². The summed E-state index contributed by atoms with van der Waals surface area (Å²) in [4.78, 5) is 20.5. The second kappa shape index (κ2) is 12.8. The molecule has 0 unspecified atom stereocenters. The Morgan fingerprint density at radius 1 is 0.949 bits per heavy atom. The van der Waals surface area contributed by atoms with Crippen LogP contribution in [0.2, 0.25) is 5.02 Å². The minimum atomic E-state index is -3.56. The van der Waals surface area contributed by atoms with Crippen LogP contribution >= 0.6 is 11.6 Å². The van der Waals surface area contributed by atoms with E-state index in [1.807, 2.05) is 36.1 Å². The number of fused-ring (bicyclic) bond motifs is 1. The Labute approximate surface area is 238 Å². The van der Waals surface area contributed by atoms with E-state index in [0.717, 1.165) is 49.5 Å². The molecule has 1 amide bonds. The Kier molecular flexibility index (Phi) is 9.67. The molecule has 2 aromatic carbocycles. The fraction of sp³-hybridized carbons (Fsp3) is 0.552. The van der Waals surface area contributed by atoms with Crippen LogP contribution in [-0.2, 0) is 16.6 Å². The SMILES string of the molecule is CCOc1ccc(C(=O)N2CCN(C(C)C)CCCN(S(C)(=O)=O)c3cc(Cl)ccc3C2)cc1N1CCCC1. The van der Waals surface area contributed by atoms with Crippen LogP contribution < -0.4 is 13.9 Å². The molecule has 2 aliphatic heterocycles. The quantitative estimate of drug-likeness (QED) is 0.489. The topological polar surface area (TPSA) is 73.4 Å². The Balaban J connectivity index is 1.74. The summed E-state index contributed by atoms with van der Waals surface area (Å²) in [5.41, 5.74) is 2.84. The molecule has 39 heavy (non-hydrogen) atoms. The van der Waals surface area contributed by atoms with Crippen molar-refractivity contribution >= 4 is 38.9 Å². The molecule has 0 saturated carbocycles. The third-order valence-corrected chi connectivity index (χ3v) is 8.93. The summed E-state index contributed by atoms with van der Waals surface area (Å²) in [6.07, 6.45) is 4.14. The second-order valence-corrected chi connectivity index (χ2v) is 13.0. The van der Waals surface area contributed by atoms with E-state index >= 15 is 0 Å². The van der Waals surface area contributed by atoms with E-state index in [1.54, 1.807) is 12.1 Å². The average molecular weight is 577 g/mol. The highest BCUT2D eigenvalue weighted by Crippen LogP contribution is 2.34. The molecule has 0 radical (unpaired) electrons. The van der Waals surface area contributed by atoms with Crippen LogP contribution in [0.4, 0.5) is 11.4 Å². The summed E-state index contributed by atoms with van der Waals surface area (Å²) in [7, 11) is -3.56. The highest BCUT2D eigenvalue weighted by molar-refractivity contribution is 7.92. The third-order valence-electron chi connectivity index (χ3n) is 7.51. The van der Waals surface area contributed by atoms with Gasteiger partial charge in [-0.05, 0) is 75.9 Å². The maximum atomic E-state index is 14.1. The largest absolute Gasteiger partial charge is 0.492 e. The van der Waals surface area contributed by atoms with Crippen LogP contribution in [-0.4, -0.2) is 82.3 Å². The van der Waals surface area contributed by atoms with Crippen LogP contribution in [0.15, 0.2) is 36.4 Å². The molecular weight excluding hydrogens is 536 g/mol. The lowest BCUT2D eigenvalue weighted by Crippen LogP contribution is -2.41. The molecule has 0 atom stereocenters. The zero-order valence-corrected chi connectivity index (χ0v) is 25.1. The number of sulfonamides is 1. The molecule has 0 aromatic heterocycles. The van der Waals surface area contributed by atoms with Gasteiger partial charge in [-0.2, -0.15) is 0 Å². The number of carbonyl (C=O) groups is 1. The summed E-state index contributed by atoms with van der Waals surface area (Å²) in [6.45, 7) is 11.2. The highest BCUT2D eigenvalue weighted by Gasteiger charge is 2.27. The maximum Gasteiger partial charge on any atom is 0.254 e. The molecular formula is C29H41ClN4O4S. The summed E-state index contributed by atoms with van der Waals surface area (Å²) >= 11 is 6.34. The van der Waals surface area contributed by atoms with Gasteiger partial charge in [-0.25, -0.2) is 8.42 Å². The molecule has 4 rings (SSSR count). The average Bonchev–Trinajstić information content (AvgIpc) is 3.41. The van der Waals surface area contributed by atoms with Gasteiger partial charge in [0.15, 0.2) is 0 Å². The van der Waals surface area contributed by atoms with Crippen molar-refractivity contribution in [3.63, 3.8) is 0 Å². The van der Waals surface area contributed by atoms with E-state index in [1.165, 1.54) is 10.6 Å². The number of carbonyl (C=O) groups excluding carboxylic acids is 1. The second-order valence-electron chi connectivity index (χ2n) is 10.6. The van der Waals surface area contributed by atoms with Gasteiger partial charge in [0.2, 0.25) is 10.0 Å². The van der Waals surface area contributed by atoms with E-state index in [9.17, 15) is 13.2 Å². The lowest BCUT2D eigenvalue weighted by atomic mass is 10.1. The molecule has 2 heterocycles. The Morgan fingerprint density at radius 3 is 2.36 bits per heavy atom. The van der Waals surface area contributed by atoms with Crippen LogP contribution in [0.3, 0.4) is 0 Å². The third kappa shape index (κ3) is 7.18. The molecule has 0 N–H and O–H groups in total. The number of halogens is 1. The zero-order valence-electron chi connectivity index (χ0n) is 23.5. The van der Waals surface area contributed by atoms with Crippen LogP contribution in [0, 0.1) is 0 Å². The van der Waals surface area contributed by atoms with Gasteiger partial charge in [0, 0.05) is 62.4 Å². The van der Waals surface area contributed by atoms with E-state index < -0.39 is 10.0 Å². The standard InChI is InChI=1S/C29H41ClN4O4S/c1-5-38-28-12-10-23(19-27(28)32-13-6-7-14-32)29(35)33-18-17-31(22(2)3)15-8-16-34(39(4,36)37)26-20-25(30)11-9-24(26)21-33/h9-12,19-20,22H,5-8,13-18,21H2,1-4H3. The number of rotatable bonds is 6. The van der Waals surface area contributed by atoms with Crippen LogP contribution in [0.25, 0.3) is 0 Å². The predicted molar refractivity (Wildman–Crippen MR) is 159 cm³/mol. The number of hydrogen-bond donors (Lipinski definition) is 0. The number of benzene rings is 2. The Morgan fingerprint density at radius 2 is 1.69 bits per heavy atom. The van der Waals surface area contributed by atoms with E-state index in [-0.39, 0.29) is 18.5 Å². The predicted octanol–water partition coefficient (Wildman–Crippen LogP) is 4.86. The smallest absolute Gasteiger partial charge is 0.254 e. The zero-order chi connectivity index (χ0) is 28.2. The molecule has 8 nitrogen and oxygen atoms in total. The van der Waals surface area contributed by atoms with Crippen molar-refractivity contribution in [3.8, 4) is 5.75 Å². The first kappa shape index (κ1) is 29.5. The molecule has 0 aliphatic carbocycles. The lowest BCUT2D eigenvalue weighted by Gasteiger charge is -2.30. The molecule has 2 aromatic rings. The number of hydrogen-bond acceptors (Lipinski definition) is 6. The number of anilines is 2. The molecule has 0 spiro atoms. The van der Waals surface area contributed by atoms with E-state index in [4.69, 9.17) is 16.3 Å². The first-order valence-electron chi connectivity index (χ1n) is 13.9. The van der Waals surface area contributed by atoms with Crippen molar-refractivity contribution in [2.75, 3.05) is 61.3 Å². The fourth-order valence-corrected chi connectivity index (χ4v) is 6.59. The molecule has 1 saturated heterocycles. The van der Waals surface area contributed by atoms with Gasteiger partial charge in [0.25, 0.3) is 5.91 Å². The first-order valence-corrected chi connectivity index (χ1v) is 16.1. The normalized spacial score (nSPS) is 17.7. The van der Waals surface area contributed by atoms with E-state index in [2.05, 4.69) is 23.6 Å². The van der Waals surface area contributed by atoms with Gasteiger partial charge >= 0.3 is 0 Å². The van der Waals surface area contributed by atoms with Crippen molar-refractivity contribution < 1.29 is 17.9 Å². The van der Waals surface area contributed by atoms with E-state index in [0.29, 0.717) is 48.9 Å². The van der Waals surface area contributed by atoms with Crippen LogP contribution in [0.5, 0.6) is 5.75 Å². The molecule has 0 bridgehead atoms. The summed E-state index contributed by atoms with van der Waals surface area (Å²) in [5.74, 6) is 0.705. The molecule has 2 aliphatic rings. The maximum absolute atomic E-state index is 14.1. The van der Waals surface area contributed by atoms with Gasteiger partial charge < -0.3 is 14.5 Å². The fourth-order valence-electron chi connectivity index (χ4n) is 5.44. The molecule has 214 valence electrons.